The van der Waals surface area contributed by atoms with Crippen LogP contribution in [0.15, 0.2) is 64.0 Å². The normalized spacial score (nSPS) is 12.0. The number of nitrogens with zero attached hydrogens (tertiary/aromatic N) is 3. The van der Waals surface area contributed by atoms with Gasteiger partial charge in [0.1, 0.15) is 11.6 Å². The Labute approximate surface area is 196 Å². The van der Waals surface area contributed by atoms with Crippen LogP contribution in [0.5, 0.6) is 0 Å². The van der Waals surface area contributed by atoms with Crippen molar-refractivity contribution in [1.29, 1.82) is 0 Å². The minimum Gasteiger partial charge on any atom is -0.467 e. The highest BCUT2D eigenvalue weighted by Crippen LogP contribution is 2.26. The van der Waals surface area contributed by atoms with Gasteiger partial charge in [-0.15, -0.1) is 0 Å². The lowest BCUT2D eigenvalue weighted by atomic mass is 10.1. The number of fused-ring (bicyclic) bond motifs is 1. The highest BCUT2D eigenvalue weighted by molar-refractivity contribution is 6.31. The van der Waals surface area contributed by atoms with Gasteiger partial charge in [-0.05, 0) is 62.2 Å². The Morgan fingerprint density at radius 2 is 1.91 bits per heavy atom. The molecule has 0 saturated heterocycles. The lowest BCUT2D eigenvalue weighted by molar-refractivity contribution is 0.178. The molecule has 0 saturated carbocycles. The largest absolute Gasteiger partial charge is 0.467 e. The number of halogens is 1. The molecule has 0 aliphatic heterocycles. The topological polar surface area (TPSA) is 80.4 Å². The summed E-state index contributed by atoms with van der Waals surface area (Å²) in [5, 5.41) is 3.99. The van der Waals surface area contributed by atoms with Crippen LogP contribution in [0.3, 0.4) is 0 Å². The van der Waals surface area contributed by atoms with Gasteiger partial charge in [-0.25, -0.2) is 9.78 Å². The number of carbonyl (C=O) groups excluding carboxylic acids is 1. The predicted octanol–water partition coefficient (Wildman–Crippen LogP) is 5.59. The molecule has 1 atom stereocenters. The van der Waals surface area contributed by atoms with Gasteiger partial charge in [-0.3, -0.25) is 9.36 Å². The van der Waals surface area contributed by atoms with Gasteiger partial charge < -0.3 is 14.6 Å². The molecule has 8 heteroatoms. The molecule has 0 fully saturated rings. The fraction of sp³-hybridized carbons (Fsp3) is 0.240. The maximum atomic E-state index is 13.5. The number of hydrogen-bond donors (Lipinski definition) is 1. The third kappa shape index (κ3) is 4.50. The highest BCUT2D eigenvalue weighted by atomic mass is 35.5. The van der Waals surface area contributed by atoms with Crippen molar-refractivity contribution in [1.82, 2.24) is 14.5 Å². The summed E-state index contributed by atoms with van der Waals surface area (Å²) in [6, 6.07) is 13.5. The summed E-state index contributed by atoms with van der Waals surface area (Å²) in [5.74, 6) is 1.06. The zero-order valence-corrected chi connectivity index (χ0v) is 19.7. The fourth-order valence-corrected chi connectivity index (χ4v) is 4.09. The monoisotopic (exact) mass is 464 g/mol. The molecule has 0 spiro atoms. The van der Waals surface area contributed by atoms with Crippen molar-refractivity contribution < 1.29 is 9.21 Å². The van der Waals surface area contributed by atoms with E-state index >= 15 is 0 Å². The number of para-hydroxylation sites is 1. The summed E-state index contributed by atoms with van der Waals surface area (Å²) in [4.78, 5) is 32.8. The van der Waals surface area contributed by atoms with Crippen molar-refractivity contribution in [3.8, 4) is 0 Å². The number of aryl methyl sites for hydroxylation is 2. The Morgan fingerprint density at radius 1 is 1.18 bits per heavy atom. The van der Waals surface area contributed by atoms with Gasteiger partial charge >= 0.3 is 6.03 Å². The van der Waals surface area contributed by atoms with E-state index in [2.05, 4.69) is 5.32 Å². The molecule has 170 valence electrons. The number of urea groups is 1. The lowest BCUT2D eigenvalue weighted by Crippen LogP contribution is -2.39. The number of amides is 2. The number of rotatable bonds is 5. The van der Waals surface area contributed by atoms with Crippen LogP contribution in [0.2, 0.25) is 5.02 Å². The first kappa shape index (κ1) is 22.6. The van der Waals surface area contributed by atoms with Crippen LogP contribution in [-0.2, 0) is 13.6 Å². The molecule has 4 rings (SSSR count). The number of benzene rings is 2. The maximum Gasteiger partial charge on any atom is 0.322 e. The first-order valence-corrected chi connectivity index (χ1v) is 11.0. The summed E-state index contributed by atoms with van der Waals surface area (Å²) in [6.07, 6.45) is 1.56. The molecule has 1 unspecified atom stereocenters. The van der Waals surface area contributed by atoms with Crippen LogP contribution in [0.1, 0.15) is 35.7 Å². The number of hydrogen-bond acceptors (Lipinski definition) is 4. The van der Waals surface area contributed by atoms with Crippen LogP contribution in [-0.4, -0.2) is 20.5 Å². The average molecular weight is 465 g/mol. The van der Waals surface area contributed by atoms with Crippen molar-refractivity contribution in [3.63, 3.8) is 0 Å². The molecular formula is C25H25ClN4O3. The van der Waals surface area contributed by atoms with Gasteiger partial charge in [0.15, 0.2) is 0 Å². The summed E-state index contributed by atoms with van der Waals surface area (Å²) in [7, 11) is 1.66. The number of aromatic nitrogens is 2. The molecule has 4 aromatic rings. The van der Waals surface area contributed by atoms with E-state index in [4.69, 9.17) is 21.0 Å². The summed E-state index contributed by atoms with van der Waals surface area (Å²) in [6.45, 7) is 5.93. The zero-order valence-electron chi connectivity index (χ0n) is 18.9. The van der Waals surface area contributed by atoms with Crippen LogP contribution < -0.4 is 10.9 Å². The Morgan fingerprint density at radius 3 is 2.58 bits per heavy atom. The van der Waals surface area contributed by atoms with E-state index in [0.29, 0.717) is 27.5 Å². The fourth-order valence-electron chi connectivity index (χ4n) is 3.92. The van der Waals surface area contributed by atoms with Gasteiger partial charge in [0, 0.05) is 17.8 Å². The smallest absolute Gasteiger partial charge is 0.322 e. The van der Waals surface area contributed by atoms with Gasteiger partial charge in [0.2, 0.25) is 0 Å². The Hall–Kier alpha value is -3.58. The summed E-state index contributed by atoms with van der Waals surface area (Å²) >= 11 is 6.13. The molecule has 1 N–H and O–H groups in total. The first-order valence-electron chi connectivity index (χ1n) is 10.6. The summed E-state index contributed by atoms with van der Waals surface area (Å²) in [5.41, 5.74) is 2.96. The predicted molar refractivity (Wildman–Crippen MR) is 130 cm³/mol. The van der Waals surface area contributed by atoms with E-state index in [1.54, 1.807) is 48.5 Å². The van der Waals surface area contributed by atoms with Gasteiger partial charge in [0.05, 0.1) is 29.8 Å². The van der Waals surface area contributed by atoms with Crippen molar-refractivity contribution in [2.75, 3.05) is 5.32 Å². The second kappa shape index (κ2) is 9.11. The molecule has 2 amide bonds. The number of furan rings is 1. The Kier molecular flexibility index (Phi) is 6.24. The minimum absolute atomic E-state index is 0.202. The van der Waals surface area contributed by atoms with Crippen molar-refractivity contribution in [3.05, 3.63) is 92.9 Å². The molecule has 33 heavy (non-hydrogen) atoms. The summed E-state index contributed by atoms with van der Waals surface area (Å²) < 4.78 is 6.98. The standard InChI is InChI=1S/C25H25ClN4O3/c1-15-7-5-8-16(2)22(15)28-25(32)30(14-19-9-6-12-33-19)17(3)23-27-21-13-18(26)10-11-20(21)24(31)29(23)4/h5-13,17H,14H2,1-4H3,(H,28,32). The molecule has 7 nitrogen and oxygen atoms in total. The molecule has 0 bridgehead atoms. The van der Waals surface area contributed by atoms with E-state index in [-0.39, 0.29) is 18.1 Å². The van der Waals surface area contributed by atoms with E-state index in [1.165, 1.54) is 4.57 Å². The van der Waals surface area contributed by atoms with E-state index in [9.17, 15) is 9.59 Å². The Balaban J connectivity index is 1.76. The maximum absolute atomic E-state index is 13.5. The van der Waals surface area contributed by atoms with Crippen LogP contribution in [0, 0.1) is 13.8 Å². The molecule has 2 heterocycles. The zero-order chi connectivity index (χ0) is 23.7. The number of carbonyl (C=O) groups is 1. The van der Waals surface area contributed by atoms with E-state index in [1.807, 2.05) is 39.0 Å². The molecule has 0 aliphatic carbocycles. The quantitative estimate of drug-likeness (QED) is 0.417. The second-order valence-electron chi connectivity index (χ2n) is 8.08. The lowest BCUT2D eigenvalue weighted by Gasteiger charge is -2.30. The minimum atomic E-state index is -0.541. The van der Waals surface area contributed by atoms with Crippen molar-refractivity contribution in [2.45, 2.75) is 33.4 Å². The Bertz CT molecular complexity index is 1360. The third-order valence-corrected chi connectivity index (χ3v) is 6.03. The van der Waals surface area contributed by atoms with Crippen LogP contribution >= 0.6 is 11.6 Å². The molecular weight excluding hydrogens is 440 g/mol. The molecule has 0 aliphatic rings. The van der Waals surface area contributed by atoms with Crippen molar-refractivity contribution in [2.24, 2.45) is 7.05 Å². The van der Waals surface area contributed by atoms with E-state index < -0.39 is 6.04 Å². The first-order chi connectivity index (χ1) is 15.8. The molecule has 2 aromatic heterocycles. The number of nitrogens with one attached hydrogen (secondary N) is 1. The van der Waals surface area contributed by atoms with Crippen molar-refractivity contribution >= 4 is 34.2 Å². The van der Waals surface area contributed by atoms with Crippen LogP contribution in [0.25, 0.3) is 10.9 Å². The third-order valence-electron chi connectivity index (χ3n) is 5.79. The van der Waals surface area contributed by atoms with Crippen LogP contribution in [0.4, 0.5) is 10.5 Å². The highest BCUT2D eigenvalue weighted by Gasteiger charge is 2.27. The second-order valence-corrected chi connectivity index (χ2v) is 8.51. The van der Waals surface area contributed by atoms with Gasteiger partial charge in [-0.2, -0.15) is 0 Å². The van der Waals surface area contributed by atoms with Gasteiger partial charge in [0.25, 0.3) is 5.56 Å². The SMILES string of the molecule is Cc1cccc(C)c1NC(=O)N(Cc1ccco1)C(C)c1nc2cc(Cl)ccc2c(=O)n1C. The molecule has 0 radical (unpaired) electrons. The van der Waals surface area contributed by atoms with Gasteiger partial charge in [-0.1, -0.05) is 29.8 Å². The molecule has 2 aromatic carbocycles. The van der Waals surface area contributed by atoms with E-state index in [0.717, 1.165) is 16.8 Å². The number of anilines is 1. The average Bonchev–Trinajstić information content (AvgIpc) is 3.30.